The second-order valence-corrected chi connectivity index (χ2v) is 6.27. The molecule has 0 fully saturated rings. The minimum Gasteiger partial charge on any atom is -0.370 e. The van der Waals surface area contributed by atoms with Crippen LogP contribution < -0.4 is 11.1 Å². The molecule has 8 heteroatoms. The van der Waals surface area contributed by atoms with Gasteiger partial charge in [0.2, 0.25) is 0 Å². The van der Waals surface area contributed by atoms with Crippen molar-refractivity contribution in [3.8, 4) is 0 Å². The third kappa shape index (κ3) is 6.14. The molecule has 0 aliphatic rings. The number of guanidine groups is 1. The fourth-order valence-corrected chi connectivity index (χ4v) is 2.87. The van der Waals surface area contributed by atoms with Gasteiger partial charge in [0, 0.05) is 22.3 Å². The van der Waals surface area contributed by atoms with Crippen LogP contribution in [0.15, 0.2) is 29.4 Å². The molecule has 1 atom stereocenters. The molecule has 0 saturated heterocycles. The van der Waals surface area contributed by atoms with Crippen molar-refractivity contribution in [1.29, 1.82) is 0 Å². The Morgan fingerprint density at radius 2 is 2.17 bits per heavy atom. The lowest BCUT2D eigenvalue weighted by atomic mass is 10.1. The zero-order valence-corrected chi connectivity index (χ0v) is 17.5. The van der Waals surface area contributed by atoms with Gasteiger partial charge in [0.25, 0.3) is 0 Å². The zero-order valence-electron chi connectivity index (χ0n) is 13.6. The molecule has 0 saturated carbocycles. The minimum atomic E-state index is -0.0420. The highest BCUT2D eigenvalue weighted by atomic mass is 127. The van der Waals surface area contributed by atoms with Gasteiger partial charge in [-0.15, -0.1) is 24.0 Å². The van der Waals surface area contributed by atoms with E-state index in [0.717, 1.165) is 24.1 Å². The number of aryl methyl sites for hydroxylation is 2. The van der Waals surface area contributed by atoms with E-state index in [1.54, 1.807) is 6.07 Å². The largest absolute Gasteiger partial charge is 0.370 e. The molecule has 0 amide bonds. The van der Waals surface area contributed by atoms with Crippen LogP contribution >= 0.6 is 47.2 Å². The quantitative estimate of drug-likeness (QED) is 0.250. The van der Waals surface area contributed by atoms with Gasteiger partial charge >= 0.3 is 0 Å². The number of hydrogen-bond donors (Lipinski definition) is 3. The van der Waals surface area contributed by atoms with E-state index in [9.17, 15) is 0 Å². The van der Waals surface area contributed by atoms with Gasteiger partial charge < -0.3 is 11.1 Å². The molecular weight excluding hydrogens is 460 g/mol. The standard InChI is InChI=1S/C16H21Cl2N5.HI/c1-10-12(9-21-23-10)4-3-7-20-16(19)22-11(2)14-6-5-13(17)8-15(14)18;/h5-6,8-9,11H,3-4,7H2,1-2H3,(H,21,23)(H3,19,20,22);1H. The lowest BCUT2D eigenvalue weighted by Gasteiger charge is -2.16. The third-order valence-electron chi connectivity index (χ3n) is 3.61. The lowest BCUT2D eigenvalue weighted by Crippen LogP contribution is -2.34. The van der Waals surface area contributed by atoms with Crippen molar-refractivity contribution < 1.29 is 0 Å². The summed E-state index contributed by atoms with van der Waals surface area (Å²) in [5.41, 5.74) is 9.18. The Bertz CT molecular complexity index is 687. The molecule has 0 aliphatic carbocycles. The maximum atomic E-state index is 6.19. The van der Waals surface area contributed by atoms with Crippen LogP contribution in [0.5, 0.6) is 0 Å². The molecule has 0 radical (unpaired) electrons. The van der Waals surface area contributed by atoms with E-state index in [2.05, 4.69) is 20.5 Å². The molecule has 0 bridgehead atoms. The number of benzene rings is 1. The maximum Gasteiger partial charge on any atom is 0.189 e. The van der Waals surface area contributed by atoms with E-state index in [0.29, 0.717) is 22.5 Å². The molecule has 1 aromatic heterocycles. The smallest absolute Gasteiger partial charge is 0.189 e. The Labute approximate surface area is 169 Å². The maximum absolute atomic E-state index is 6.19. The Morgan fingerprint density at radius 3 is 2.79 bits per heavy atom. The molecule has 24 heavy (non-hydrogen) atoms. The molecule has 5 nitrogen and oxygen atoms in total. The zero-order chi connectivity index (χ0) is 16.8. The third-order valence-corrected chi connectivity index (χ3v) is 4.18. The van der Waals surface area contributed by atoms with Crippen molar-refractivity contribution in [2.45, 2.75) is 32.7 Å². The molecule has 1 aromatic carbocycles. The van der Waals surface area contributed by atoms with E-state index in [1.807, 2.05) is 32.2 Å². The summed E-state index contributed by atoms with van der Waals surface area (Å²) >= 11 is 12.1. The molecule has 2 aromatic rings. The number of aliphatic imine (C=N–C) groups is 1. The van der Waals surface area contributed by atoms with Gasteiger partial charge in [0.1, 0.15) is 0 Å². The van der Waals surface area contributed by atoms with E-state index in [4.69, 9.17) is 28.9 Å². The van der Waals surface area contributed by atoms with Gasteiger partial charge in [0.15, 0.2) is 5.96 Å². The Kier molecular flexibility index (Phi) is 8.86. The summed E-state index contributed by atoms with van der Waals surface area (Å²) in [5.74, 6) is 0.410. The minimum absolute atomic E-state index is 0. The summed E-state index contributed by atoms with van der Waals surface area (Å²) < 4.78 is 0. The first kappa shape index (κ1) is 21.1. The topological polar surface area (TPSA) is 79.1 Å². The number of aromatic amines is 1. The highest BCUT2D eigenvalue weighted by Crippen LogP contribution is 2.25. The molecule has 1 unspecified atom stereocenters. The highest BCUT2D eigenvalue weighted by molar-refractivity contribution is 14.0. The summed E-state index contributed by atoms with van der Waals surface area (Å²) in [6.45, 7) is 4.65. The number of halogens is 3. The van der Waals surface area contributed by atoms with Gasteiger partial charge in [0.05, 0.1) is 12.2 Å². The number of nitrogens with two attached hydrogens (primary N) is 1. The van der Waals surface area contributed by atoms with Crippen LogP contribution in [0.2, 0.25) is 10.0 Å². The summed E-state index contributed by atoms with van der Waals surface area (Å²) in [4.78, 5) is 4.35. The van der Waals surface area contributed by atoms with Crippen LogP contribution in [0.1, 0.15) is 36.2 Å². The number of H-pyrrole nitrogens is 1. The second-order valence-electron chi connectivity index (χ2n) is 5.42. The number of rotatable bonds is 6. The van der Waals surface area contributed by atoms with Crippen LogP contribution in [-0.4, -0.2) is 22.7 Å². The molecule has 0 spiro atoms. The first-order valence-electron chi connectivity index (χ1n) is 7.47. The number of nitrogens with zero attached hydrogens (tertiary/aromatic N) is 2. The molecule has 4 N–H and O–H groups in total. The van der Waals surface area contributed by atoms with Crippen LogP contribution in [0.25, 0.3) is 0 Å². The van der Waals surface area contributed by atoms with Gasteiger partial charge in [-0.1, -0.05) is 29.3 Å². The molecule has 132 valence electrons. The first-order valence-corrected chi connectivity index (χ1v) is 8.23. The Hall–Kier alpha value is -0.990. The summed E-state index contributed by atoms with van der Waals surface area (Å²) in [5, 5.41) is 11.3. The van der Waals surface area contributed by atoms with Crippen molar-refractivity contribution in [3.63, 3.8) is 0 Å². The van der Waals surface area contributed by atoms with Crippen molar-refractivity contribution in [2.75, 3.05) is 6.54 Å². The number of hydrogen-bond acceptors (Lipinski definition) is 2. The van der Waals surface area contributed by atoms with Crippen molar-refractivity contribution in [1.82, 2.24) is 15.5 Å². The monoisotopic (exact) mass is 481 g/mol. The lowest BCUT2D eigenvalue weighted by molar-refractivity contribution is 0.704. The van der Waals surface area contributed by atoms with Crippen LogP contribution in [0.4, 0.5) is 0 Å². The summed E-state index contributed by atoms with van der Waals surface area (Å²) in [6, 6.07) is 5.37. The average molecular weight is 482 g/mol. The van der Waals surface area contributed by atoms with Gasteiger partial charge in [-0.25, -0.2) is 0 Å². The highest BCUT2D eigenvalue weighted by Gasteiger charge is 2.10. The van der Waals surface area contributed by atoms with Crippen LogP contribution in [-0.2, 0) is 6.42 Å². The van der Waals surface area contributed by atoms with Crippen LogP contribution in [0, 0.1) is 6.92 Å². The van der Waals surface area contributed by atoms with Gasteiger partial charge in [-0.2, -0.15) is 5.10 Å². The number of nitrogens with one attached hydrogen (secondary N) is 2. The SMILES string of the molecule is Cc1[nH]ncc1CCCN=C(N)NC(C)c1ccc(Cl)cc1Cl.I. The van der Waals surface area contributed by atoms with Gasteiger partial charge in [-0.3, -0.25) is 10.1 Å². The van der Waals surface area contributed by atoms with E-state index in [1.165, 1.54) is 5.56 Å². The molecule has 1 heterocycles. The number of aromatic nitrogens is 2. The predicted molar refractivity (Wildman–Crippen MR) is 112 cm³/mol. The van der Waals surface area contributed by atoms with Gasteiger partial charge in [-0.05, 0) is 49.9 Å². The van der Waals surface area contributed by atoms with E-state index in [-0.39, 0.29) is 30.0 Å². The first-order chi connectivity index (χ1) is 11.0. The second kappa shape index (κ2) is 10.1. The molecule has 0 aliphatic heterocycles. The van der Waals surface area contributed by atoms with Crippen LogP contribution in [0.3, 0.4) is 0 Å². The molecule has 2 rings (SSSR count). The van der Waals surface area contributed by atoms with Crippen molar-refractivity contribution in [2.24, 2.45) is 10.7 Å². The van der Waals surface area contributed by atoms with E-state index >= 15 is 0 Å². The summed E-state index contributed by atoms with van der Waals surface area (Å²) in [7, 11) is 0. The van der Waals surface area contributed by atoms with Crippen molar-refractivity contribution >= 4 is 53.1 Å². The summed E-state index contributed by atoms with van der Waals surface area (Å²) in [6.07, 6.45) is 3.70. The van der Waals surface area contributed by atoms with Crippen molar-refractivity contribution in [3.05, 3.63) is 51.3 Å². The Morgan fingerprint density at radius 1 is 1.42 bits per heavy atom. The Balaban J connectivity index is 0.00000288. The van der Waals surface area contributed by atoms with E-state index < -0.39 is 0 Å². The fourth-order valence-electron chi connectivity index (χ4n) is 2.29. The fraction of sp³-hybridized carbons (Fsp3) is 0.375. The molecular formula is C16H22Cl2IN5. The normalized spacial score (nSPS) is 12.6. The average Bonchev–Trinajstić information content (AvgIpc) is 2.88. The predicted octanol–water partition coefficient (Wildman–Crippen LogP) is 4.24.